The van der Waals surface area contributed by atoms with Crippen LogP contribution in [0.2, 0.25) is 6.32 Å². The fourth-order valence-electron chi connectivity index (χ4n) is 3.12. The summed E-state index contributed by atoms with van der Waals surface area (Å²) >= 11 is 0. The number of hydrogen-bond donors (Lipinski definition) is 3. The molecular formula is C13H24BN3O5. The van der Waals surface area contributed by atoms with Crippen LogP contribution < -0.4 is 11.5 Å². The average Bonchev–Trinajstić information content (AvgIpc) is 2.82. The van der Waals surface area contributed by atoms with Gasteiger partial charge in [0.1, 0.15) is 11.6 Å². The summed E-state index contributed by atoms with van der Waals surface area (Å²) in [6.45, 7) is 2.27. The molecule has 124 valence electrons. The first-order chi connectivity index (χ1) is 10.4. The number of nitrogens with zero attached hydrogens (tertiary/aromatic N) is 1. The second kappa shape index (κ2) is 6.95. The van der Waals surface area contributed by atoms with Gasteiger partial charge in [0.2, 0.25) is 5.91 Å². The Morgan fingerprint density at radius 1 is 1.68 bits per heavy atom. The maximum absolute atomic E-state index is 12.4. The molecule has 0 aromatic rings. The lowest BCUT2D eigenvalue weighted by Crippen LogP contribution is -2.58. The van der Waals surface area contributed by atoms with Gasteiger partial charge in [0.05, 0.1) is 6.61 Å². The smallest absolute Gasteiger partial charge is 0.508 e. The standard InChI is InChI=1S/C13H24BN3O5/c1-2-21-14-5-3-4-9-6-17(11(19)10(15)7-18)8-13(9,16)12(20)22-14/h9-10,18H,2-8,15-16H2,1H3/t9?,10-,13?/m0/s1. The van der Waals surface area contributed by atoms with E-state index in [0.29, 0.717) is 25.9 Å². The molecular weight excluding hydrogens is 289 g/mol. The van der Waals surface area contributed by atoms with E-state index in [1.165, 1.54) is 4.90 Å². The molecule has 22 heavy (non-hydrogen) atoms. The van der Waals surface area contributed by atoms with Gasteiger partial charge in [0.25, 0.3) is 0 Å². The highest BCUT2D eigenvalue weighted by molar-refractivity contribution is 6.47. The molecule has 1 amide bonds. The molecule has 0 aromatic heterocycles. The number of fused-ring (bicyclic) bond motifs is 1. The van der Waals surface area contributed by atoms with Gasteiger partial charge >= 0.3 is 13.1 Å². The summed E-state index contributed by atoms with van der Waals surface area (Å²) in [5.41, 5.74) is 10.6. The molecule has 2 unspecified atom stereocenters. The molecule has 0 bridgehead atoms. The molecule has 0 aliphatic carbocycles. The van der Waals surface area contributed by atoms with Gasteiger partial charge in [0.15, 0.2) is 0 Å². The van der Waals surface area contributed by atoms with Crippen molar-refractivity contribution < 1.29 is 24.0 Å². The number of likely N-dealkylation sites (tertiary alicyclic amines) is 1. The Morgan fingerprint density at radius 2 is 2.41 bits per heavy atom. The number of aliphatic hydroxyl groups is 1. The summed E-state index contributed by atoms with van der Waals surface area (Å²) in [5, 5.41) is 9.01. The van der Waals surface area contributed by atoms with Gasteiger partial charge in [-0.15, -0.1) is 0 Å². The van der Waals surface area contributed by atoms with Crippen LogP contribution in [-0.4, -0.2) is 66.9 Å². The van der Waals surface area contributed by atoms with Gasteiger partial charge in [-0.3, -0.25) is 9.59 Å². The molecule has 2 aliphatic heterocycles. The number of carbonyl (C=O) groups excluding carboxylic acids is 2. The maximum Gasteiger partial charge on any atom is 0.527 e. The lowest BCUT2D eigenvalue weighted by Gasteiger charge is -2.31. The minimum absolute atomic E-state index is 0.0574. The summed E-state index contributed by atoms with van der Waals surface area (Å²) in [6.07, 6.45) is 2.14. The predicted molar refractivity (Wildman–Crippen MR) is 79.6 cm³/mol. The third kappa shape index (κ3) is 3.27. The van der Waals surface area contributed by atoms with E-state index in [4.69, 9.17) is 25.9 Å². The Labute approximate surface area is 130 Å². The zero-order valence-electron chi connectivity index (χ0n) is 12.9. The molecule has 2 fully saturated rings. The van der Waals surface area contributed by atoms with Crippen LogP contribution in [0.5, 0.6) is 0 Å². The molecule has 8 nitrogen and oxygen atoms in total. The van der Waals surface area contributed by atoms with Gasteiger partial charge in [0, 0.05) is 25.6 Å². The minimum atomic E-state index is -1.24. The molecule has 9 heteroatoms. The number of aliphatic hydroxyl groups excluding tert-OH is 1. The number of carbonyl (C=O) groups is 2. The summed E-state index contributed by atoms with van der Waals surface area (Å²) in [7, 11) is -0.580. The molecule has 0 spiro atoms. The lowest BCUT2D eigenvalue weighted by atomic mass is 9.74. The van der Waals surface area contributed by atoms with Crippen molar-refractivity contribution in [2.75, 3.05) is 26.3 Å². The van der Waals surface area contributed by atoms with Gasteiger partial charge < -0.3 is 30.8 Å². The molecule has 3 atom stereocenters. The third-order valence-electron chi connectivity index (χ3n) is 4.41. The highest BCUT2D eigenvalue weighted by Gasteiger charge is 2.53. The highest BCUT2D eigenvalue weighted by atomic mass is 16.6. The van der Waals surface area contributed by atoms with Crippen LogP contribution in [0.1, 0.15) is 19.8 Å². The second-order valence-electron chi connectivity index (χ2n) is 5.97. The SMILES string of the molecule is CCOB1CCCC2CN(C(=O)[C@@H](N)CO)CC2(N)C(=O)O1. The minimum Gasteiger partial charge on any atom is -0.508 e. The van der Waals surface area contributed by atoms with Gasteiger partial charge in [-0.1, -0.05) is 6.42 Å². The zero-order valence-corrected chi connectivity index (χ0v) is 12.9. The second-order valence-corrected chi connectivity index (χ2v) is 5.97. The van der Waals surface area contributed by atoms with Crippen LogP contribution in [0.25, 0.3) is 0 Å². The van der Waals surface area contributed by atoms with Crippen molar-refractivity contribution in [1.29, 1.82) is 0 Å². The Balaban J connectivity index is 2.12. The molecule has 2 heterocycles. The maximum atomic E-state index is 12.4. The third-order valence-corrected chi connectivity index (χ3v) is 4.41. The molecule has 2 aliphatic rings. The van der Waals surface area contributed by atoms with E-state index in [-0.39, 0.29) is 12.5 Å². The van der Waals surface area contributed by atoms with E-state index in [2.05, 4.69) is 0 Å². The van der Waals surface area contributed by atoms with Crippen molar-refractivity contribution in [2.24, 2.45) is 17.4 Å². The van der Waals surface area contributed by atoms with Crippen molar-refractivity contribution in [2.45, 2.75) is 37.7 Å². The first kappa shape index (κ1) is 17.2. The van der Waals surface area contributed by atoms with Crippen LogP contribution in [-0.2, 0) is 18.9 Å². The molecule has 5 N–H and O–H groups in total. The Bertz CT molecular complexity index is 438. The van der Waals surface area contributed by atoms with Crippen LogP contribution in [0, 0.1) is 5.92 Å². The summed E-state index contributed by atoms with van der Waals surface area (Å²) in [4.78, 5) is 26.0. The van der Waals surface area contributed by atoms with Crippen LogP contribution >= 0.6 is 0 Å². The topological polar surface area (TPSA) is 128 Å². The summed E-state index contributed by atoms with van der Waals surface area (Å²) in [6, 6.07) is -0.986. The van der Waals surface area contributed by atoms with E-state index in [1.807, 2.05) is 6.92 Å². The fraction of sp³-hybridized carbons (Fsp3) is 0.846. The summed E-state index contributed by atoms with van der Waals surface area (Å²) in [5.74, 6) is -1.10. The van der Waals surface area contributed by atoms with E-state index >= 15 is 0 Å². The predicted octanol–water partition coefficient (Wildman–Crippen LogP) is -1.68. The molecule has 0 radical (unpaired) electrons. The van der Waals surface area contributed by atoms with Gasteiger partial charge in [-0.25, -0.2) is 0 Å². The van der Waals surface area contributed by atoms with E-state index in [9.17, 15) is 9.59 Å². The monoisotopic (exact) mass is 313 g/mol. The van der Waals surface area contributed by atoms with Gasteiger partial charge in [-0.05, 0) is 19.7 Å². The largest absolute Gasteiger partial charge is 0.527 e. The van der Waals surface area contributed by atoms with Crippen molar-refractivity contribution in [3.05, 3.63) is 0 Å². The number of nitrogens with two attached hydrogens (primary N) is 2. The Kier molecular flexibility index (Phi) is 5.43. The molecule has 2 rings (SSSR count). The van der Waals surface area contributed by atoms with E-state index in [1.54, 1.807) is 0 Å². The van der Waals surface area contributed by atoms with Crippen molar-refractivity contribution in [3.63, 3.8) is 0 Å². The number of amides is 1. The van der Waals surface area contributed by atoms with Crippen LogP contribution in [0.15, 0.2) is 0 Å². The Hall–Kier alpha value is -1.16. The van der Waals surface area contributed by atoms with Crippen molar-refractivity contribution in [1.82, 2.24) is 4.90 Å². The molecule has 0 aromatic carbocycles. The summed E-state index contributed by atoms with van der Waals surface area (Å²) < 4.78 is 10.7. The molecule has 0 saturated carbocycles. The quantitative estimate of drug-likeness (QED) is 0.529. The van der Waals surface area contributed by atoms with Crippen LogP contribution in [0.3, 0.4) is 0 Å². The fourth-order valence-corrected chi connectivity index (χ4v) is 3.12. The first-order valence-electron chi connectivity index (χ1n) is 7.69. The Morgan fingerprint density at radius 3 is 3.05 bits per heavy atom. The molecule has 2 saturated heterocycles. The van der Waals surface area contributed by atoms with Crippen molar-refractivity contribution in [3.8, 4) is 0 Å². The number of hydrogen-bond acceptors (Lipinski definition) is 7. The van der Waals surface area contributed by atoms with Crippen LogP contribution in [0.4, 0.5) is 0 Å². The van der Waals surface area contributed by atoms with E-state index in [0.717, 1.165) is 6.42 Å². The van der Waals surface area contributed by atoms with Gasteiger partial charge in [-0.2, -0.15) is 0 Å². The highest BCUT2D eigenvalue weighted by Crippen LogP contribution is 2.33. The number of rotatable bonds is 4. The normalized spacial score (nSPS) is 30.4. The van der Waals surface area contributed by atoms with E-state index < -0.39 is 37.2 Å². The first-order valence-corrected chi connectivity index (χ1v) is 7.69. The zero-order chi connectivity index (χ0) is 16.3. The average molecular weight is 313 g/mol. The van der Waals surface area contributed by atoms with Crippen molar-refractivity contribution >= 4 is 19.0 Å². The lowest BCUT2D eigenvalue weighted by molar-refractivity contribution is -0.143.